The fourth-order valence-corrected chi connectivity index (χ4v) is 5.90. The smallest absolute Gasteiger partial charge is 0.213 e. The summed E-state index contributed by atoms with van der Waals surface area (Å²) >= 11 is 0. The fraction of sp³-hybridized carbons (Fsp3) is 0.433. The minimum Gasteiger partial charge on any atom is -0.489 e. The topological polar surface area (TPSA) is 71.8 Å². The van der Waals surface area contributed by atoms with Crippen molar-refractivity contribution in [2.75, 3.05) is 6.61 Å². The quantitative estimate of drug-likeness (QED) is 0.469. The Labute approximate surface area is 210 Å². The molecule has 6 rings (SSSR count). The first-order chi connectivity index (χ1) is 17.5. The number of hydrogen-bond acceptors (Lipinski definition) is 5. The maximum atomic E-state index is 14.6. The lowest BCUT2D eigenvalue weighted by molar-refractivity contribution is -0.0560. The molecule has 2 aromatic carbocycles. The molecular formula is C30H32FNO4. The van der Waals surface area contributed by atoms with Crippen molar-refractivity contribution in [1.29, 1.82) is 0 Å². The fourth-order valence-electron chi connectivity index (χ4n) is 5.90. The number of rotatable bonds is 7. The molecule has 0 radical (unpaired) electrons. The van der Waals surface area contributed by atoms with Crippen LogP contribution in [-0.2, 0) is 13.0 Å². The Morgan fingerprint density at radius 3 is 2.78 bits per heavy atom. The van der Waals surface area contributed by atoms with Gasteiger partial charge in [0, 0.05) is 28.8 Å². The molecule has 3 aromatic rings. The summed E-state index contributed by atoms with van der Waals surface area (Å²) in [6.07, 6.45) is 3.33. The van der Waals surface area contributed by atoms with Gasteiger partial charge in [-0.05, 0) is 91.5 Å². The molecule has 188 valence electrons. The van der Waals surface area contributed by atoms with Gasteiger partial charge in [0.05, 0.1) is 18.8 Å². The minimum absolute atomic E-state index is 0.105. The van der Waals surface area contributed by atoms with Gasteiger partial charge in [0.15, 0.2) is 0 Å². The first-order valence-corrected chi connectivity index (χ1v) is 13.0. The van der Waals surface area contributed by atoms with E-state index in [1.807, 2.05) is 25.1 Å². The molecule has 0 aliphatic heterocycles. The molecule has 0 bridgehead atoms. The highest BCUT2D eigenvalue weighted by Gasteiger charge is 2.44. The number of pyridine rings is 1. The number of ether oxygens (including phenoxy) is 2. The Kier molecular flexibility index (Phi) is 6.18. The summed E-state index contributed by atoms with van der Waals surface area (Å²) in [7, 11) is 0. The van der Waals surface area contributed by atoms with Crippen molar-refractivity contribution in [3.8, 4) is 22.8 Å². The molecule has 3 aliphatic rings. The lowest BCUT2D eigenvalue weighted by Gasteiger charge is -2.31. The van der Waals surface area contributed by atoms with Crippen LogP contribution in [0.2, 0.25) is 0 Å². The molecular weight excluding hydrogens is 457 g/mol. The van der Waals surface area contributed by atoms with Crippen molar-refractivity contribution in [2.45, 2.75) is 63.8 Å². The predicted octanol–water partition coefficient (Wildman–Crippen LogP) is 5.34. The van der Waals surface area contributed by atoms with Crippen LogP contribution in [0.4, 0.5) is 4.39 Å². The maximum absolute atomic E-state index is 14.6. The van der Waals surface area contributed by atoms with Crippen LogP contribution < -0.4 is 9.47 Å². The van der Waals surface area contributed by atoms with Crippen molar-refractivity contribution >= 4 is 0 Å². The van der Waals surface area contributed by atoms with E-state index in [-0.39, 0.29) is 18.3 Å². The lowest BCUT2D eigenvalue weighted by atomic mass is 9.85. The molecule has 3 aliphatic carbocycles. The molecule has 5 unspecified atom stereocenters. The Hall–Kier alpha value is -2.96. The number of aryl methyl sites for hydroxylation is 1. The first-order valence-electron chi connectivity index (χ1n) is 13.0. The third-order valence-corrected chi connectivity index (χ3v) is 8.13. The summed E-state index contributed by atoms with van der Waals surface area (Å²) in [5, 5.41) is 20.1. The van der Waals surface area contributed by atoms with Gasteiger partial charge >= 0.3 is 0 Å². The number of fused-ring (bicyclic) bond motifs is 3. The van der Waals surface area contributed by atoms with E-state index in [0.717, 1.165) is 53.7 Å². The molecule has 2 N–H and O–H groups in total. The summed E-state index contributed by atoms with van der Waals surface area (Å²) in [4.78, 5) is 4.58. The Balaban J connectivity index is 1.12. The average molecular weight is 490 g/mol. The van der Waals surface area contributed by atoms with Gasteiger partial charge in [-0.15, -0.1) is 0 Å². The van der Waals surface area contributed by atoms with Crippen LogP contribution in [-0.4, -0.2) is 34.0 Å². The Morgan fingerprint density at radius 1 is 1.03 bits per heavy atom. The molecule has 0 amide bonds. The van der Waals surface area contributed by atoms with E-state index in [4.69, 9.17) is 9.47 Å². The van der Waals surface area contributed by atoms with Gasteiger partial charge in [0.25, 0.3) is 0 Å². The summed E-state index contributed by atoms with van der Waals surface area (Å²) in [5.74, 6) is 2.44. The number of benzene rings is 2. The van der Waals surface area contributed by atoms with Crippen molar-refractivity contribution in [1.82, 2.24) is 4.98 Å². The molecule has 5 nitrogen and oxygen atoms in total. The van der Waals surface area contributed by atoms with Crippen LogP contribution in [0.3, 0.4) is 0 Å². The second-order valence-electron chi connectivity index (χ2n) is 10.6. The first kappa shape index (κ1) is 23.4. The summed E-state index contributed by atoms with van der Waals surface area (Å²) in [6.45, 7) is 2.37. The van der Waals surface area contributed by atoms with Crippen molar-refractivity contribution in [3.05, 3.63) is 76.7 Å². The van der Waals surface area contributed by atoms with E-state index >= 15 is 0 Å². The average Bonchev–Trinajstić information content (AvgIpc) is 3.55. The van der Waals surface area contributed by atoms with Gasteiger partial charge in [-0.2, -0.15) is 0 Å². The molecule has 36 heavy (non-hydrogen) atoms. The molecule has 6 heteroatoms. The second-order valence-corrected chi connectivity index (χ2v) is 10.6. The molecule has 5 atom stereocenters. The van der Waals surface area contributed by atoms with Crippen LogP contribution in [0, 0.1) is 24.6 Å². The summed E-state index contributed by atoms with van der Waals surface area (Å²) < 4.78 is 26.4. The Morgan fingerprint density at radius 2 is 1.92 bits per heavy atom. The largest absolute Gasteiger partial charge is 0.489 e. The lowest BCUT2D eigenvalue weighted by Crippen LogP contribution is -2.40. The molecule has 2 fully saturated rings. The number of aliphatic hydroxyl groups is 2. The normalized spacial score (nSPS) is 26.3. The number of aliphatic hydroxyl groups excluding tert-OH is 2. The maximum Gasteiger partial charge on any atom is 0.213 e. The summed E-state index contributed by atoms with van der Waals surface area (Å²) in [6, 6.07) is 15.1. The molecule has 0 spiro atoms. The number of aromatic nitrogens is 1. The highest BCUT2D eigenvalue weighted by Crippen LogP contribution is 2.56. The number of hydrogen-bond donors (Lipinski definition) is 2. The van der Waals surface area contributed by atoms with Crippen LogP contribution in [0.25, 0.3) is 11.1 Å². The van der Waals surface area contributed by atoms with Gasteiger partial charge in [0.2, 0.25) is 5.88 Å². The van der Waals surface area contributed by atoms with E-state index in [0.29, 0.717) is 24.5 Å². The van der Waals surface area contributed by atoms with Crippen LogP contribution in [0.1, 0.15) is 54.0 Å². The third-order valence-electron chi connectivity index (χ3n) is 8.13. The third kappa shape index (κ3) is 4.60. The van der Waals surface area contributed by atoms with E-state index < -0.39 is 12.2 Å². The van der Waals surface area contributed by atoms with Crippen molar-refractivity contribution < 1.29 is 24.1 Å². The minimum atomic E-state index is -0.763. The molecule has 2 saturated carbocycles. The molecule has 0 saturated heterocycles. The van der Waals surface area contributed by atoms with Crippen LogP contribution in [0.15, 0.2) is 48.5 Å². The van der Waals surface area contributed by atoms with E-state index in [1.54, 1.807) is 12.1 Å². The highest BCUT2D eigenvalue weighted by molar-refractivity contribution is 5.67. The van der Waals surface area contributed by atoms with E-state index in [1.165, 1.54) is 23.6 Å². The zero-order valence-electron chi connectivity index (χ0n) is 20.5. The van der Waals surface area contributed by atoms with Gasteiger partial charge in [-0.3, -0.25) is 0 Å². The summed E-state index contributed by atoms with van der Waals surface area (Å²) in [5.41, 5.74) is 5.87. The highest BCUT2D eigenvalue weighted by atomic mass is 19.1. The zero-order chi connectivity index (χ0) is 24.8. The van der Waals surface area contributed by atoms with E-state index in [2.05, 4.69) is 17.1 Å². The second kappa shape index (κ2) is 9.49. The zero-order valence-corrected chi connectivity index (χ0v) is 20.5. The van der Waals surface area contributed by atoms with Crippen LogP contribution >= 0.6 is 0 Å². The SMILES string of the molecule is Cc1nc(OCC2CCCC(O)C2O)ccc1-c1ccc(F)c(COc2ccc3c(c2)CC2CC32)c1. The number of nitrogens with zero attached hydrogens (tertiary/aromatic N) is 1. The van der Waals surface area contributed by atoms with Crippen molar-refractivity contribution in [3.63, 3.8) is 0 Å². The van der Waals surface area contributed by atoms with Gasteiger partial charge < -0.3 is 19.7 Å². The van der Waals surface area contributed by atoms with Gasteiger partial charge in [-0.25, -0.2) is 9.37 Å². The van der Waals surface area contributed by atoms with E-state index in [9.17, 15) is 14.6 Å². The monoisotopic (exact) mass is 489 g/mol. The predicted molar refractivity (Wildman–Crippen MR) is 135 cm³/mol. The van der Waals surface area contributed by atoms with Crippen LogP contribution in [0.5, 0.6) is 11.6 Å². The Bertz CT molecular complexity index is 1280. The molecule has 1 heterocycles. The number of halogens is 1. The van der Waals surface area contributed by atoms with Gasteiger partial charge in [-0.1, -0.05) is 18.6 Å². The van der Waals surface area contributed by atoms with Gasteiger partial charge in [0.1, 0.15) is 18.2 Å². The standard InChI is InChI=1S/C30H32FNO4/c1-17-24(8-10-29(32-17)36-15-19-3-2-4-28(33)30(19)34)18-5-9-27(31)22(11-18)16-35-23-6-7-25-20(13-23)12-21-14-26(21)25/h5-11,13,19,21,26,28,30,33-34H,2-4,12,14-16H2,1H3. The molecule has 1 aromatic heterocycles. The van der Waals surface area contributed by atoms with Crippen molar-refractivity contribution in [2.24, 2.45) is 11.8 Å².